The zero-order valence-corrected chi connectivity index (χ0v) is 9.50. The van der Waals surface area contributed by atoms with Gasteiger partial charge in [-0.3, -0.25) is 4.79 Å². The van der Waals surface area contributed by atoms with Crippen molar-refractivity contribution in [1.82, 2.24) is 5.32 Å². The van der Waals surface area contributed by atoms with Crippen molar-refractivity contribution in [2.75, 3.05) is 19.8 Å². The van der Waals surface area contributed by atoms with Crippen LogP contribution in [0.4, 0.5) is 0 Å². The van der Waals surface area contributed by atoms with E-state index >= 15 is 0 Å². The van der Waals surface area contributed by atoms with Gasteiger partial charge < -0.3 is 15.8 Å². The molecule has 0 radical (unpaired) electrons. The van der Waals surface area contributed by atoms with Gasteiger partial charge in [-0.1, -0.05) is 6.92 Å². The number of carbonyl (C=O) groups is 1. The molecule has 0 bridgehead atoms. The SMILES string of the molecule is CCCNC(CC(N)=O)C1CCOCC1. The molecule has 0 aromatic heterocycles. The molecule has 1 unspecified atom stereocenters. The molecule has 1 amide bonds. The van der Waals surface area contributed by atoms with E-state index in [1.165, 1.54) is 0 Å². The first-order valence-electron chi connectivity index (χ1n) is 5.83. The molecule has 4 heteroatoms. The second-order valence-electron chi connectivity index (χ2n) is 4.18. The van der Waals surface area contributed by atoms with Crippen molar-refractivity contribution in [2.24, 2.45) is 11.7 Å². The zero-order chi connectivity index (χ0) is 11.1. The van der Waals surface area contributed by atoms with Crippen LogP contribution in [0.15, 0.2) is 0 Å². The molecule has 0 saturated carbocycles. The van der Waals surface area contributed by atoms with Crippen LogP contribution >= 0.6 is 0 Å². The van der Waals surface area contributed by atoms with Gasteiger partial charge in [0.15, 0.2) is 0 Å². The van der Waals surface area contributed by atoms with Gasteiger partial charge >= 0.3 is 0 Å². The maximum absolute atomic E-state index is 11.0. The molecule has 1 saturated heterocycles. The maximum atomic E-state index is 11.0. The van der Waals surface area contributed by atoms with Crippen molar-refractivity contribution in [1.29, 1.82) is 0 Å². The topological polar surface area (TPSA) is 64.3 Å². The highest BCUT2D eigenvalue weighted by molar-refractivity contribution is 5.74. The smallest absolute Gasteiger partial charge is 0.218 e. The van der Waals surface area contributed by atoms with E-state index in [-0.39, 0.29) is 11.9 Å². The predicted octanol–water partition coefficient (Wildman–Crippen LogP) is 0.657. The molecule has 0 aliphatic carbocycles. The fraction of sp³-hybridized carbons (Fsp3) is 0.909. The molecule has 1 atom stereocenters. The number of carbonyl (C=O) groups excluding carboxylic acids is 1. The van der Waals surface area contributed by atoms with Gasteiger partial charge in [0.2, 0.25) is 5.91 Å². The van der Waals surface area contributed by atoms with Gasteiger partial charge in [0.1, 0.15) is 0 Å². The van der Waals surface area contributed by atoms with Crippen LogP contribution in [-0.2, 0) is 9.53 Å². The third-order valence-corrected chi connectivity index (χ3v) is 2.91. The molecule has 4 nitrogen and oxygen atoms in total. The summed E-state index contributed by atoms with van der Waals surface area (Å²) in [5, 5.41) is 3.41. The molecule has 1 rings (SSSR count). The van der Waals surface area contributed by atoms with Gasteiger partial charge in [0.25, 0.3) is 0 Å². The highest BCUT2D eigenvalue weighted by Crippen LogP contribution is 2.20. The first-order chi connectivity index (χ1) is 7.24. The van der Waals surface area contributed by atoms with E-state index < -0.39 is 0 Å². The largest absolute Gasteiger partial charge is 0.381 e. The summed E-state index contributed by atoms with van der Waals surface area (Å²) in [5.41, 5.74) is 5.26. The highest BCUT2D eigenvalue weighted by Gasteiger charge is 2.24. The summed E-state index contributed by atoms with van der Waals surface area (Å²) in [6.07, 6.45) is 3.60. The number of hydrogen-bond donors (Lipinski definition) is 2. The molecule has 1 aliphatic rings. The van der Waals surface area contributed by atoms with E-state index in [4.69, 9.17) is 10.5 Å². The summed E-state index contributed by atoms with van der Waals surface area (Å²) < 4.78 is 5.32. The maximum Gasteiger partial charge on any atom is 0.218 e. The van der Waals surface area contributed by atoms with E-state index in [2.05, 4.69) is 12.2 Å². The van der Waals surface area contributed by atoms with Crippen LogP contribution < -0.4 is 11.1 Å². The summed E-state index contributed by atoms with van der Waals surface area (Å²) in [6.45, 7) is 4.70. The average Bonchev–Trinajstić information content (AvgIpc) is 2.25. The van der Waals surface area contributed by atoms with Gasteiger partial charge in [0, 0.05) is 25.7 Å². The number of primary amides is 1. The first kappa shape index (κ1) is 12.5. The summed E-state index contributed by atoms with van der Waals surface area (Å²) >= 11 is 0. The summed E-state index contributed by atoms with van der Waals surface area (Å²) in [4.78, 5) is 11.0. The van der Waals surface area contributed by atoms with Gasteiger partial charge in [-0.05, 0) is 31.7 Å². The Labute approximate surface area is 91.5 Å². The number of nitrogens with one attached hydrogen (secondary N) is 1. The van der Waals surface area contributed by atoms with Crippen molar-refractivity contribution in [3.63, 3.8) is 0 Å². The number of rotatable bonds is 6. The Kier molecular flexibility index (Phi) is 5.65. The molecule has 0 aromatic carbocycles. The molecule has 1 fully saturated rings. The lowest BCUT2D eigenvalue weighted by atomic mass is 9.89. The van der Waals surface area contributed by atoms with Crippen molar-refractivity contribution in [3.8, 4) is 0 Å². The minimum atomic E-state index is -0.213. The van der Waals surface area contributed by atoms with Gasteiger partial charge in [-0.2, -0.15) is 0 Å². The van der Waals surface area contributed by atoms with Crippen LogP contribution in [0.25, 0.3) is 0 Å². The molecular formula is C11H22N2O2. The predicted molar refractivity (Wildman–Crippen MR) is 59.4 cm³/mol. The fourth-order valence-electron chi connectivity index (χ4n) is 2.07. The number of hydrogen-bond acceptors (Lipinski definition) is 3. The third kappa shape index (κ3) is 4.62. The van der Waals surface area contributed by atoms with Crippen LogP contribution in [-0.4, -0.2) is 31.7 Å². The van der Waals surface area contributed by atoms with Gasteiger partial charge in [0.05, 0.1) is 0 Å². The quantitative estimate of drug-likeness (QED) is 0.682. The normalized spacial score (nSPS) is 20.1. The standard InChI is InChI=1S/C11H22N2O2/c1-2-5-13-10(8-11(12)14)9-3-6-15-7-4-9/h9-10,13H,2-8H2,1H3,(H2,12,14). The van der Waals surface area contributed by atoms with Crippen molar-refractivity contribution < 1.29 is 9.53 Å². The van der Waals surface area contributed by atoms with E-state index in [9.17, 15) is 4.79 Å². The summed E-state index contributed by atoms with van der Waals surface area (Å²) in [5.74, 6) is 0.327. The Morgan fingerprint density at radius 2 is 2.20 bits per heavy atom. The Hall–Kier alpha value is -0.610. The zero-order valence-electron chi connectivity index (χ0n) is 9.50. The lowest BCUT2D eigenvalue weighted by Crippen LogP contribution is -2.42. The minimum absolute atomic E-state index is 0.213. The Bertz CT molecular complexity index is 191. The van der Waals surface area contributed by atoms with Crippen LogP contribution in [0.5, 0.6) is 0 Å². The van der Waals surface area contributed by atoms with Crippen LogP contribution in [0, 0.1) is 5.92 Å². The first-order valence-corrected chi connectivity index (χ1v) is 5.83. The Morgan fingerprint density at radius 3 is 2.73 bits per heavy atom. The summed E-state index contributed by atoms with van der Waals surface area (Å²) in [6, 6.07) is 0.242. The van der Waals surface area contributed by atoms with Crippen LogP contribution in [0.2, 0.25) is 0 Å². The molecule has 0 spiro atoms. The molecule has 15 heavy (non-hydrogen) atoms. The number of ether oxygens (including phenoxy) is 1. The minimum Gasteiger partial charge on any atom is -0.381 e. The molecule has 3 N–H and O–H groups in total. The van der Waals surface area contributed by atoms with Crippen molar-refractivity contribution in [3.05, 3.63) is 0 Å². The van der Waals surface area contributed by atoms with E-state index in [0.717, 1.165) is 39.0 Å². The van der Waals surface area contributed by atoms with Crippen molar-refractivity contribution >= 4 is 5.91 Å². The van der Waals surface area contributed by atoms with E-state index in [1.807, 2.05) is 0 Å². The third-order valence-electron chi connectivity index (χ3n) is 2.91. The number of nitrogens with two attached hydrogens (primary N) is 1. The van der Waals surface area contributed by atoms with Gasteiger partial charge in [-0.25, -0.2) is 0 Å². The lowest BCUT2D eigenvalue weighted by molar-refractivity contribution is -0.119. The van der Waals surface area contributed by atoms with Crippen molar-refractivity contribution in [2.45, 2.75) is 38.6 Å². The fourth-order valence-corrected chi connectivity index (χ4v) is 2.07. The average molecular weight is 214 g/mol. The lowest BCUT2D eigenvalue weighted by Gasteiger charge is -2.30. The Balaban J connectivity index is 2.41. The molecule has 0 aromatic rings. The van der Waals surface area contributed by atoms with E-state index in [1.54, 1.807) is 0 Å². The number of amides is 1. The monoisotopic (exact) mass is 214 g/mol. The second kappa shape index (κ2) is 6.80. The second-order valence-corrected chi connectivity index (χ2v) is 4.18. The highest BCUT2D eigenvalue weighted by atomic mass is 16.5. The van der Waals surface area contributed by atoms with Crippen LogP contribution in [0.1, 0.15) is 32.6 Å². The Morgan fingerprint density at radius 1 is 1.53 bits per heavy atom. The molecule has 1 aliphatic heterocycles. The molecule has 1 heterocycles. The summed E-state index contributed by atoms with van der Waals surface area (Å²) in [7, 11) is 0. The molecular weight excluding hydrogens is 192 g/mol. The van der Waals surface area contributed by atoms with Gasteiger partial charge in [-0.15, -0.1) is 0 Å². The van der Waals surface area contributed by atoms with Crippen LogP contribution in [0.3, 0.4) is 0 Å². The van der Waals surface area contributed by atoms with E-state index in [0.29, 0.717) is 12.3 Å². The molecule has 88 valence electrons.